The smallest absolute Gasteiger partial charge is 0.264 e. The van der Waals surface area contributed by atoms with Crippen LogP contribution in [0.3, 0.4) is 0 Å². The molecule has 0 spiro atoms. The number of piperidine rings is 1. The second-order valence-corrected chi connectivity index (χ2v) is 8.32. The summed E-state index contributed by atoms with van der Waals surface area (Å²) in [6, 6.07) is 10.3. The summed E-state index contributed by atoms with van der Waals surface area (Å²) in [4.78, 5) is 50.0. The van der Waals surface area contributed by atoms with E-state index >= 15 is 0 Å². The summed E-state index contributed by atoms with van der Waals surface area (Å²) < 4.78 is 0. The summed E-state index contributed by atoms with van der Waals surface area (Å²) in [6.07, 6.45) is 2.45. The second-order valence-electron chi connectivity index (χ2n) is 7.37. The molecule has 1 saturated heterocycles. The first-order chi connectivity index (χ1) is 14.6. The fraction of sp³-hybridized carbons (Fsp3) is 0.364. The van der Waals surface area contributed by atoms with E-state index in [4.69, 9.17) is 0 Å². The quantitative estimate of drug-likeness (QED) is 0.682. The Hall–Kier alpha value is -3.00. The number of hydrogen-bond donors (Lipinski definition) is 1. The number of carbonyl (C=O) groups excluding carboxylic acids is 2. The molecule has 1 fully saturated rings. The van der Waals surface area contributed by atoms with Gasteiger partial charge in [0.25, 0.3) is 11.5 Å². The van der Waals surface area contributed by atoms with Crippen molar-refractivity contribution in [1.29, 1.82) is 0 Å². The largest absolute Gasteiger partial charge is 0.334 e. The number of nitrogens with zero attached hydrogens (tertiary/aromatic N) is 3. The molecule has 8 heteroatoms. The van der Waals surface area contributed by atoms with Crippen molar-refractivity contribution >= 4 is 34.1 Å². The number of aromatic nitrogens is 2. The topological polar surface area (TPSA) is 86.4 Å². The number of amides is 2. The van der Waals surface area contributed by atoms with Gasteiger partial charge < -0.3 is 14.8 Å². The van der Waals surface area contributed by atoms with Gasteiger partial charge in [-0.3, -0.25) is 14.4 Å². The normalized spacial score (nSPS) is 16.6. The fourth-order valence-corrected chi connectivity index (χ4v) is 4.60. The lowest BCUT2D eigenvalue weighted by Crippen LogP contribution is -2.52. The maximum absolute atomic E-state index is 13.4. The van der Waals surface area contributed by atoms with E-state index in [0.717, 1.165) is 12.8 Å². The molecule has 2 amide bonds. The highest BCUT2D eigenvalue weighted by Crippen LogP contribution is 2.23. The Bertz CT molecular complexity index is 1110. The van der Waals surface area contributed by atoms with Crippen LogP contribution in [0, 0.1) is 0 Å². The molecule has 3 heterocycles. The van der Waals surface area contributed by atoms with Crippen molar-refractivity contribution in [3.8, 4) is 0 Å². The molecule has 156 valence electrons. The molecular weight excluding hydrogens is 400 g/mol. The number of thiophene rings is 1. The number of likely N-dealkylation sites (tertiary alicyclic amines) is 1. The summed E-state index contributed by atoms with van der Waals surface area (Å²) in [5, 5.41) is 2.39. The van der Waals surface area contributed by atoms with Gasteiger partial charge in [-0.25, -0.2) is 4.98 Å². The fourth-order valence-electron chi connectivity index (χ4n) is 3.92. The zero-order valence-electron chi connectivity index (χ0n) is 16.8. The number of likely N-dealkylation sites (N-methyl/N-ethyl adjacent to an activating group) is 1. The molecular formula is C22H24N4O3S. The van der Waals surface area contributed by atoms with Gasteiger partial charge in [0.1, 0.15) is 11.9 Å². The van der Waals surface area contributed by atoms with Gasteiger partial charge in [-0.15, -0.1) is 11.3 Å². The van der Waals surface area contributed by atoms with Gasteiger partial charge in [0.05, 0.1) is 22.3 Å². The molecule has 1 aliphatic heterocycles. The van der Waals surface area contributed by atoms with Crippen LogP contribution in [0.15, 0.2) is 46.6 Å². The molecule has 1 aromatic carbocycles. The third kappa shape index (κ3) is 4.00. The van der Waals surface area contributed by atoms with Crippen LogP contribution in [0.1, 0.15) is 41.7 Å². The Balaban J connectivity index is 1.57. The predicted molar refractivity (Wildman–Crippen MR) is 116 cm³/mol. The van der Waals surface area contributed by atoms with E-state index in [9.17, 15) is 14.4 Å². The standard InChI is InChI=1S/C22H24N4O3S/c1-2-25(14-19-23-16-9-4-3-8-15(16)20(27)24-19)21(28)17-10-5-6-12-26(17)22(29)18-11-7-13-30-18/h3-4,7-9,11,13,17H,2,5-6,10,12,14H2,1H3,(H,23,24,27). The molecule has 0 bridgehead atoms. The highest BCUT2D eigenvalue weighted by atomic mass is 32.1. The molecule has 1 atom stereocenters. The summed E-state index contributed by atoms with van der Waals surface area (Å²) in [5.74, 6) is 0.259. The van der Waals surface area contributed by atoms with Crippen molar-refractivity contribution in [3.63, 3.8) is 0 Å². The molecule has 4 rings (SSSR count). The van der Waals surface area contributed by atoms with E-state index in [1.807, 2.05) is 24.4 Å². The summed E-state index contributed by atoms with van der Waals surface area (Å²) in [7, 11) is 0. The minimum absolute atomic E-state index is 0.0867. The third-order valence-electron chi connectivity index (χ3n) is 5.48. The Morgan fingerprint density at radius 3 is 2.83 bits per heavy atom. The van der Waals surface area contributed by atoms with Crippen LogP contribution < -0.4 is 5.56 Å². The van der Waals surface area contributed by atoms with Gasteiger partial charge >= 0.3 is 0 Å². The molecule has 3 aromatic rings. The summed E-state index contributed by atoms with van der Waals surface area (Å²) in [5.41, 5.74) is 0.387. The first-order valence-corrected chi connectivity index (χ1v) is 11.1. The zero-order chi connectivity index (χ0) is 21.1. The maximum Gasteiger partial charge on any atom is 0.264 e. The van der Waals surface area contributed by atoms with Crippen LogP contribution in [0.4, 0.5) is 0 Å². The van der Waals surface area contributed by atoms with Gasteiger partial charge in [0.15, 0.2) is 0 Å². The van der Waals surface area contributed by atoms with Crippen LogP contribution in [-0.2, 0) is 11.3 Å². The number of fused-ring (bicyclic) bond motifs is 1. The summed E-state index contributed by atoms with van der Waals surface area (Å²) >= 11 is 1.39. The van der Waals surface area contributed by atoms with Crippen LogP contribution in [0.2, 0.25) is 0 Å². The Morgan fingerprint density at radius 1 is 1.23 bits per heavy atom. The van der Waals surface area contributed by atoms with Gasteiger partial charge in [-0.1, -0.05) is 18.2 Å². The van der Waals surface area contributed by atoms with Crippen molar-refractivity contribution in [1.82, 2.24) is 19.8 Å². The number of rotatable bonds is 5. The molecule has 1 N–H and O–H groups in total. The van der Waals surface area contributed by atoms with E-state index in [-0.39, 0.29) is 23.9 Å². The zero-order valence-corrected chi connectivity index (χ0v) is 17.7. The third-order valence-corrected chi connectivity index (χ3v) is 6.33. The Labute approximate surface area is 178 Å². The minimum atomic E-state index is -0.486. The van der Waals surface area contributed by atoms with Gasteiger partial charge in [-0.05, 0) is 49.8 Å². The number of para-hydroxylation sites is 1. The number of benzene rings is 1. The van der Waals surface area contributed by atoms with Crippen molar-refractivity contribution in [2.75, 3.05) is 13.1 Å². The predicted octanol–water partition coefficient (Wildman–Crippen LogP) is 3.03. The molecule has 2 aromatic heterocycles. The van der Waals surface area contributed by atoms with Crippen LogP contribution >= 0.6 is 11.3 Å². The lowest BCUT2D eigenvalue weighted by atomic mass is 10.0. The SMILES string of the molecule is CCN(Cc1nc2ccccc2c(=O)[nH]1)C(=O)C1CCCCN1C(=O)c1cccs1. The molecule has 1 aliphatic rings. The summed E-state index contributed by atoms with van der Waals surface area (Å²) in [6.45, 7) is 3.14. The highest BCUT2D eigenvalue weighted by Gasteiger charge is 2.35. The van der Waals surface area contributed by atoms with E-state index in [1.54, 1.807) is 34.1 Å². The molecule has 1 unspecified atom stereocenters. The lowest BCUT2D eigenvalue weighted by molar-refractivity contribution is -0.137. The molecule has 7 nitrogen and oxygen atoms in total. The Morgan fingerprint density at radius 2 is 2.07 bits per heavy atom. The number of carbonyl (C=O) groups is 2. The second kappa shape index (κ2) is 8.79. The molecule has 0 aliphatic carbocycles. The molecule has 0 saturated carbocycles. The van der Waals surface area contributed by atoms with E-state index in [0.29, 0.717) is 41.1 Å². The van der Waals surface area contributed by atoms with Gasteiger partial charge in [0, 0.05) is 13.1 Å². The highest BCUT2D eigenvalue weighted by molar-refractivity contribution is 7.12. The van der Waals surface area contributed by atoms with Crippen LogP contribution in [0.5, 0.6) is 0 Å². The number of nitrogens with one attached hydrogen (secondary N) is 1. The number of aromatic amines is 1. The first-order valence-electron chi connectivity index (χ1n) is 10.2. The molecule has 30 heavy (non-hydrogen) atoms. The van der Waals surface area contributed by atoms with Crippen molar-refractivity contribution in [3.05, 3.63) is 62.8 Å². The van der Waals surface area contributed by atoms with Crippen molar-refractivity contribution in [2.24, 2.45) is 0 Å². The van der Waals surface area contributed by atoms with Crippen LogP contribution in [0.25, 0.3) is 10.9 Å². The first kappa shape index (κ1) is 20.3. The van der Waals surface area contributed by atoms with Crippen molar-refractivity contribution < 1.29 is 9.59 Å². The number of H-pyrrole nitrogens is 1. The van der Waals surface area contributed by atoms with E-state index < -0.39 is 6.04 Å². The Kier molecular flexibility index (Phi) is 5.94. The lowest BCUT2D eigenvalue weighted by Gasteiger charge is -2.37. The van der Waals surface area contributed by atoms with E-state index in [1.165, 1.54) is 11.3 Å². The maximum atomic E-state index is 13.4. The van der Waals surface area contributed by atoms with Crippen molar-refractivity contribution in [2.45, 2.75) is 38.8 Å². The van der Waals surface area contributed by atoms with E-state index in [2.05, 4.69) is 9.97 Å². The van der Waals surface area contributed by atoms with Crippen LogP contribution in [-0.4, -0.2) is 50.7 Å². The number of hydrogen-bond acceptors (Lipinski definition) is 5. The monoisotopic (exact) mass is 424 g/mol. The van der Waals surface area contributed by atoms with Gasteiger partial charge in [-0.2, -0.15) is 0 Å². The average Bonchev–Trinajstić information content (AvgIpc) is 3.31. The minimum Gasteiger partial charge on any atom is -0.334 e. The van der Waals surface area contributed by atoms with Gasteiger partial charge in [0.2, 0.25) is 5.91 Å². The average molecular weight is 425 g/mol. The molecule has 0 radical (unpaired) electrons.